The second kappa shape index (κ2) is 53.2. The van der Waals surface area contributed by atoms with Crippen molar-refractivity contribution in [2.24, 2.45) is 0 Å². The number of aliphatic hydroxyl groups excluding tert-OH is 1. The Morgan fingerprint density at radius 2 is 0.694 bits per heavy atom. The van der Waals surface area contributed by atoms with Gasteiger partial charge in [0.15, 0.2) is 6.10 Å². The summed E-state index contributed by atoms with van der Waals surface area (Å²) in [5.74, 6) is -0.630. The minimum atomic E-state index is -0.793. The average Bonchev–Trinajstić information content (AvgIpc) is 3.28. The summed E-state index contributed by atoms with van der Waals surface area (Å²) in [6.45, 7) is 4.02. The van der Waals surface area contributed by atoms with Crippen molar-refractivity contribution in [1.82, 2.24) is 0 Å². The normalized spacial score (nSPS) is 12.5. The Morgan fingerprint density at radius 1 is 0.387 bits per heavy atom. The maximum atomic E-state index is 12.2. The van der Waals surface area contributed by atoms with Crippen molar-refractivity contribution in [3.8, 4) is 0 Å². The van der Waals surface area contributed by atoms with Crippen LogP contribution in [0.3, 0.4) is 0 Å². The molecule has 1 N–H and O–H groups in total. The van der Waals surface area contributed by atoms with Gasteiger partial charge in [0.1, 0.15) is 6.61 Å². The van der Waals surface area contributed by atoms with Gasteiger partial charge in [-0.25, -0.2) is 0 Å². The average molecular weight is 869 g/mol. The topological polar surface area (TPSA) is 72.8 Å². The second-order valence-corrected chi connectivity index (χ2v) is 18.3. The molecule has 0 aliphatic heterocycles. The van der Waals surface area contributed by atoms with Crippen LogP contribution < -0.4 is 0 Å². The summed E-state index contributed by atoms with van der Waals surface area (Å²) in [4.78, 5) is 24.4. The first-order valence-electron chi connectivity index (χ1n) is 27.2. The van der Waals surface area contributed by atoms with Gasteiger partial charge in [-0.05, 0) is 51.4 Å². The number of ether oxygens (including phenoxy) is 2. The quantitative estimate of drug-likeness (QED) is 0.0375. The molecular formula is C57H104O5. The zero-order valence-electron chi connectivity index (χ0n) is 41.4. The van der Waals surface area contributed by atoms with Crippen LogP contribution in [-0.4, -0.2) is 36.4 Å². The van der Waals surface area contributed by atoms with Crippen molar-refractivity contribution in [1.29, 1.82) is 0 Å². The van der Waals surface area contributed by atoms with Gasteiger partial charge in [-0.1, -0.05) is 268 Å². The summed E-state index contributed by atoms with van der Waals surface area (Å²) < 4.78 is 10.6. The van der Waals surface area contributed by atoms with Crippen LogP contribution in [0.15, 0.2) is 48.6 Å². The zero-order chi connectivity index (χ0) is 44.9. The Bertz CT molecular complexity index is 1030. The highest BCUT2D eigenvalue weighted by molar-refractivity contribution is 5.70. The van der Waals surface area contributed by atoms with Crippen LogP contribution >= 0.6 is 0 Å². The van der Waals surface area contributed by atoms with Gasteiger partial charge in [0, 0.05) is 12.8 Å². The molecule has 62 heavy (non-hydrogen) atoms. The molecule has 0 saturated carbocycles. The van der Waals surface area contributed by atoms with Crippen molar-refractivity contribution in [2.75, 3.05) is 13.2 Å². The first kappa shape index (κ1) is 59.9. The van der Waals surface area contributed by atoms with Crippen molar-refractivity contribution in [3.63, 3.8) is 0 Å². The summed E-state index contributed by atoms with van der Waals surface area (Å²) in [6.07, 6.45) is 69.6. The summed E-state index contributed by atoms with van der Waals surface area (Å²) in [5, 5.41) is 9.60. The van der Waals surface area contributed by atoms with Gasteiger partial charge in [0.05, 0.1) is 6.61 Å². The highest BCUT2D eigenvalue weighted by Crippen LogP contribution is 2.17. The van der Waals surface area contributed by atoms with E-state index < -0.39 is 6.10 Å². The predicted octanol–water partition coefficient (Wildman–Crippen LogP) is 18.1. The Labute approximate surface area is 386 Å². The van der Waals surface area contributed by atoms with E-state index in [9.17, 15) is 14.7 Å². The lowest BCUT2D eigenvalue weighted by Crippen LogP contribution is -2.28. The lowest BCUT2D eigenvalue weighted by molar-refractivity contribution is -0.161. The summed E-state index contributed by atoms with van der Waals surface area (Å²) in [5.41, 5.74) is 0. The van der Waals surface area contributed by atoms with Crippen molar-refractivity contribution >= 4 is 11.9 Å². The van der Waals surface area contributed by atoms with Gasteiger partial charge in [0.25, 0.3) is 0 Å². The zero-order valence-corrected chi connectivity index (χ0v) is 41.4. The van der Waals surface area contributed by atoms with Crippen LogP contribution in [0.4, 0.5) is 0 Å². The largest absolute Gasteiger partial charge is 0.462 e. The summed E-state index contributed by atoms with van der Waals surface area (Å²) in [7, 11) is 0. The van der Waals surface area contributed by atoms with Gasteiger partial charge in [-0.3, -0.25) is 9.59 Å². The third kappa shape index (κ3) is 50.5. The standard InChI is InChI=1S/C57H104O5/c1-3-5-7-9-11-13-15-17-19-20-21-22-23-24-25-26-27-28-29-30-31-32-33-34-35-36-38-39-41-43-45-47-49-51-56(59)61-54-55(53-58)62-57(60)52-50-48-46-44-42-40-37-18-16-14-12-10-8-6-4-2/h6,8,12,14,18,37,42,44,55,58H,3-5,7,9-11,13,15-17,19-36,38-41,43,45-54H2,1-2H3/b8-6-,14-12-,37-18-,44-42-. The fraction of sp³-hybridized carbons (Fsp3) is 0.825. The van der Waals surface area contributed by atoms with Crippen LogP contribution in [-0.2, 0) is 19.1 Å². The molecule has 0 bridgehead atoms. The van der Waals surface area contributed by atoms with E-state index in [-0.39, 0.29) is 25.2 Å². The number of carbonyl (C=O) groups is 2. The predicted molar refractivity (Wildman–Crippen MR) is 270 cm³/mol. The smallest absolute Gasteiger partial charge is 0.306 e. The maximum absolute atomic E-state index is 12.2. The maximum Gasteiger partial charge on any atom is 0.306 e. The number of rotatable bonds is 50. The number of carbonyl (C=O) groups excluding carboxylic acids is 2. The van der Waals surface area contributed by atoms with E-state index >= 15 is 0 Å². The molecule has 362 valence electrons. The van der Waals surface area contributed by atoms with E-state index in [1.54, 1.807) is 0 Å². The Morgan fingerprint density at radius 3 is 1.05 bits per heavy atom. The molecule has 0 rings (SSSR count). The molecule has 0 aromatic heterocycles. The fourth-order valence-corrected chi connectivity index (χ4v) is 8.08. The molecule has 0 spiro atoms. The molecule has 0 saturated heterocycles. The minimum Gasteiger partial charge on any atom is -0.462 e. The molecule has 5 nitrogen and oxygen atoms in total. The molecule has 0 heterocycles. The van der Waals surface area contributed by atoms with E-state index in [0.717, 1.165) is 64.2 Å². The molecular weight excluding hydrogens is 765 g/mol. The van der Waals surface area contributed by atoms with Crippen LogP contribution in [0.5, 0.6) is 0 Å². The molecule has 0 amide bonds. The fourth-order valence-electron chi connectivity index (χ4n) is 8.08. The minimum absolute atomic E-state index is 0.0807. The van der Waals surface area contributed by atoms with Crippen molar-refractivity contribution < 1.29 is 24.2 Å². The lowest BCUT2D eigenvalue weighted by atomic mass is 10.0. The third-order valence-electron chi connectivity index (χ3n) is 12.1. The molecule has 0 aliphatic rings. The van der Waals surface area contributed by atoms with Gasteiger partial charge in [-0.2, -0.15) is 0 Å². The molecule has 0 aliphatic carbocycles. The Kier molecular flexibility index (Phi) is 51.4. The van der Waals surface area contributed by atoms with Gasteiger partial charge >= 0.3 is 11.9 Å². The van der Waals surface area contributed by atoms with Crippen molar-refractivity contribution in [3.05, 3.63) is 48.6 Å². The highest BCUT2D eigenvalue weighted by Gasteiger charge is 2.16. The van der Waals surface area contributed by atoms with Gasteiger partial charge in [-0.15, -0.1) is 0 Å². The van der Waals surface area contributed by atoms with E-state index in [1.807, 2.05) is 0 Å². The molecule has 0 fully saturated rings. The second-order valence-electron chi connectivity index (χ2n) is 18.3. The molecule has 0 aromatic carbocycles. The first-order chi connectivity index (χ1) is 30.6. The first-order valence-corrected chi connectivity index (χ1v) is 27.2. The number of aliphatic hydroxyl groups is 1. The summed E-state index contributed by atoms with van der Waals surface area (Å²) >= 11 is 0. The van der Waals surface area contributed by atoms with E-state index in [0.29, 0.717) is 12.8 Å². The number of unbranched alkanes of at least 4 members (excludes halogenated alkanes) is 34. The van der Waals surface area contributed by atoms with E-state index in [2.05, 4.69) is 62.5 Å². The van der Waals surface area contributed by atoms with Crippen molar-refractivity contribution in [2.45, 2.75) is 290 Å². The monoisotopic (exact) mass is 869 g/mol. The van der Waals surface area contributed by atoms with Gasteiger partial charge in [0.2, 0.25) is 0 Å². The molecule has 1 unspecified atom stereocenters. The molecule has 5 heteroatoms. The Hall–Kier alpha value is -2.14. The number of allylic oxidation sites excluding steroid dienone is 8. The van der Waals surface area contributed by atoms with E-state index in [1.165, 1.54) is 193 Å². The van der Waals surface area contributed by atoms with Crippen LogP contribution in [0.1, 0.15) is 284 Å². The van der Waals surface area contributed by atoms with Crippen LogP contribution in [0, 0.1) is 0 Å². The third-order valence-corrected chi connectivity index (χ3v) is 12.1. The number of hydrogen-bond acceptors (Lipinski definition) is 5. The molecule has 1 atom stereocenters. The molecule has 0 aromatic rings. The van der Waals surface area contributed by atoms with Crippen LogP contribution in [0.25, 0.3) is 0 Å². The summed E-state index contributed by atoms with van der Waals surface area (Å²) in [6, 6.07) is 0. The Balaban J connectivity index is 3.41. The number of hydrogen-bond donors (Lipinski definition) is 1. The van der Waals surface area contributed by atoms with Gasteiger partial charge < -0.3 is 14.6 Å². The van der Waals surface area contributed by atoms with Crippen LogP contribution in [0.2, 0.25) is 0 Å². The SMILES string of the molecule is CC/C=C\C/C=C\C/C=C\C/C=C\CCCCC(=O)OC(CO)COC(=O)CCCCCCCCCCCCCCCCCCCCCCCCCCCCCCCCCCC. The number of esters is 2. The molecule has 0 radical (unpaired) electrons. The highest BCUT2D eigenvalue weighted by atomic mass is 16.6. The van der Waals surface area contributed by atoms with E-state index in [4.69, 9.17) is 9.47 Å². The lowest BCUT2D eigenvalue weighted by Gasteiger charge is -2.15.